The van der Waals surface area contributed by atoms with Crippen LogP contribution in [-0.2, 0) is 5.60 Å². The largest absolute Gasteiger partial charge is 0.383 e. The van der Waals surface area contributed by atoms with Gasteiger partial charge >= 0.3 is 0 Å². The smallest absolute Gasteiger partial charge is 0.113 e. The molecule has 0 spiro atoms. The number of hydrogen-bond donors (Lipinski definition) is 1. The molecule has 2 atom stereocenters. The zero-order valence-electron chi connectivity index (χ0n) is 16.7. The van der Waals surface area contributed by atoms with Gasteiger partial charge in [0.2, 0.25) is 0 Å². The SMILES string of the molecule is OC(CC#Cc1ccccc1)(CN1CCC(c2ccccc2)C1)c1ccccc1. The molecule has 1 aliphatic heterocycles. The predicted octanol–water partition coefficient (Wildman–Crippen LogP) is 4.81. The fourth-order valence-electron chi connectivity index (χ4n) is 4.16. The third-order valence-corrected chi connectivity index (χ3v) is 5.73. The number of benzene rings is 3. The topological polar surface area (TPSA) is 23.5 Å². The lowest BCUT2D eigenvalue weighted by atomic mass is 9.89. The number of β-amino-alcohol motifs (C(OH)–C–C–N with tert-alkyl or cyclic N) is 1. The molecule has 2 unspecified atom stereocenters. The molecular weight excluding hydrogens is 354 g/mol. The first-order valence-corrected chi connectivity index (χ1v) is 10.3. The summed E-state index contributed by atoms with van der Waals surface area (Å²) < 4.78 is 0. The van der Waals surface area contributed by atoms with Crippen LogP contribution in [0.4, 0.5) is 0 Å². The molecule has 1 saturated heterocycles. The average Bonchev–Trinajstić information content (AvgIpc) is 3.24. The molecule has 0 aromatic heterocycles. The lowest BCUT2D eigenvalue weighted by Crippen LogP contribution is -2.39. The van der Waals surface area contributed by atoms with Crippen molar-refractivity contribution in [3.8, 4) is 11.8 Å². The summed E-state index contributed by atoms with van der Waals surface area (Å²) in [5.41, 5.74) is 2.33. The van der Waals surface area contributed by atoms with Gasteiger partial charge < -0.3 is 5.11 Å². The summed E-state index contributed by atoms with van der Waals surface area (Å²) in [5, 5.41) is 11.6. The van der Waals surface area contributed by atoms with Crippen LogP contribution in [0.1, 0.15) is 35.4 Å². The average molecular weight is 382 g/mol. The lowest BCUT2D eigenvalue weighted by Gasteiger charge is -2.31. The maximum atomic E-state index is 11.6. The fraction of sp³-hybridized carbons (Fsp3) is 0.259. The van der Waals surface area contributed by atoms with Crippen LogP contribution in [0.3, 0.4) is 0 Å². The van der Waals surface area contributed by atoms with Crippen LogP contribution >= 0.6 is 0 Å². The molecule has 146 valence electrons. The summed E-state index contributed by atoms with van der Waals surface area (Å²) in [7, 11) is 0. The summed E-state index contributed by atoms with van der Waals surface area (Å²) in [6.45, 7) is 2.58. The zero-order valence-corrected chi connectivity index (χ0v) is 16.7. The van der Waals surface area contributed by atoms with E-state index in [-0.39, 0.29) is 0 Å². The van der Waals surface area contributed by atoms with Crippen LogP contribution in [0.2, 0.25) is 0 Å². The predicted molar refractivity (Wildman–Crippen MR) is 119 cm³/mol. The van der Waals surface area contributed by atoms with Gasteiger partial charge in [-0.3, -0.25) is 4.90 Å². The monoisotopic (exact) mass is 381 g/mol. The molecule has 29 heavy (non-hydrogen) atoms. The van der Waals surface area contributed by atoms with Crippen molar-refractivity contribution in [1.82, 2.24) is 4.90 Å². The van der Waals surface area contributed by atoms with Gasteiger partial charge in [0.15, 0.2) is 0 Å². The number of nitrogens with zero attached hydrogens (tertiary/aromatic N) is 1. The van der Waals surface area contributed by atoms with Crippen LogP contribution in [0.25, 0.3) is 0 Å². The molecule has 3 aromatic carbocycles. The maximum Gasteiger partial charge on any atom is 0.113 e. The number of aliphatic hydroxyl groups is 1. The summed E-state index contributed by atoms with van der Waals surface area (Å²) in [4.78, 5) is 2.38. The highest BCUT2D eigenvalue weighted by Gasteiger charge is 2.34. The highest BCUT2D eigenvalue weighted by molar-refractivity contribution is 5.35. The van der Waals surface area contributed by atoms with Crippen molar-refractivity contribution in [2.45, 2.75) is 24.4 Å². The third kappa shape index (κ3) is 4.95. The van der Waals surface area contributed by atoms with Crippen LogP contribution in [0.5, 0.6) is 0 Å². The van der Waals surface area contributed by atoms with Gasteiger partial charge in [0.05, 0.1) is 0 Å². The lowest BCUT2D eigenvalue weighted by molar-refractivity contribution is 0.00914. The van der Waals surface area contributed by atoms with Crippen molar-refractivity contribution in [2.24, 2.45) is 0 Å². The van der Waals surface area contributed by atoms with Crippen LogP contribution in [0.15, 0.2) is 91.0 Å². The summed E-state index contributed by atoms with van der Waals surface area (Å²) in [6.07, 6.45) is 1.54. The Kier molecular flexibility index (Phi) is 6.10. The van der Waals surface area contributed by atoms with Gasteiger partial charge in [-0.05, 0) is 42.1 Å². The fourth-order valence-corrected chi connectivity index (χ4v) is 4.16. The molecule has 2 heteroatoms. The van der Waals surface area contributed by atoms with E-state index >= 15 is 0 Å². The minimum absolute atomic E-state index is 0.415. The van der Waals surface area contributed by atoms with Gasteiger partial charge in [-0.25, -0.2) is 0 Å². The molecule has 0 radical (unpaired) electrons. The molecule has 1 fully saturated rings. The zero-order chi connectivity index (χ0) is 19.9. The van der Waals surface area contributed by atoms with Crippen molar-refractivity contribution < 1.29 is 5.11 Å². The Balaban J connectivity index is 1.50. The van der Waals surface area contributed by atoms with E-state index in [1.807, 2.05) is 60.7 Å². The molecule has 3 aromatic rings. The normalized spacial score (nSPS) is 18.6. The Labute approximate surface area is 173 Å². The van der Waals surface area contributed by atoms with Gasteiger partial charge in [0.1, 0.15) is 5.60 Å². The highest BCUT2D eigenvalue weighted by atomic mass is 16.3. The molecule has 0 amide bonds. The number of likely N-dealkylation sites (tertiary alicyclic amines) is 1. The van der Waals surface area contributed by atoms with Crippen LogP contribution in [-0.4, -0.2) is 29.6 Å². The van der Waals surface area contributed by atoms with Crippen molar-refractivity contribution in [3.05, 3.63) is 108 Å². The molecule has 1 aliphatic rings. The second-order valence-electron chi connectivity index (χ2n) is 7.87. The Morgan fingerprint density at radius 2 is 1.48 bits per heavy atom. The molecule has 2 nitrogen and oxygen atoms in total. The molecule has 0 bridgehead atoms. The van der Waals surface area contributed by atoms with E-state index in [0.717, 1.165) is 30.6 Å². The first kappa shape index (κ1) is 19.5. The van der Waals surface area contributed by atoms with Crippen LogP contribution < -0.4 is 0 Å². The third-order valence-electron chi connectivity index (χ3n) is 5.73. The van der Waals surface area contributed by atoms with Crippen molar-refractivity contribution in [3.63, 3.8) is 0 Å². The van der Waals surface area contributed by atoms with Crippen molar-refractivity contribution in [1.29, 1.82) is 0 Å². The van der Waals surface area contributed by atoms with Gasteiger partial charge in [0, 0.05) is 25.1 Å². The standard InChI is InChI=1S/C27H27NO/c29-27(26-16-8-3-9-17-26,19-10-13-23-11-4-1-5-12-23)22-28-20-18-25(21-28)24-14-6-2-7-15-24/h1-9,11-12,14-17,25,29H,18-22H2. The van der Waals surface area contributed by atoms with Gasteiger partial charge in [-0.15, -0.1) is 0 Å². The highest BCUT2D eigenvalue weighted by Crippen LogP contribution is 2.32. The summed E-state index contributed by atoms with van der Waals surface area (Å²) in [6, 6.07) is 30.6. The first-order chi connectivity index (χ1) is 14.2. The molecule has 0 aliphatic carbocycles. The van der Waals surface area contributed by atoms with Crippen molar-refractivity contribution in [2.75, 3.05) is 19.6 Å². The van der Waals surface area contributed by atoms with E-state index in [1.165, 1.54) is 5.56 Å². The quantitative estimate of drug-likeness (QED) is 0.642. The maximum absolute atomic E-state index is 11.6. The van der Waals surface area contributed by atoms with Gasteiger partial charge in [0.25, 0.3) is 0 Å². The first-order valence-electron chi connectivity index (χ1n) is 10.3. The Bertz CT molecular complexity index is 959. The Hall–Kier alpha value is -2.86. The summed E-state index contributed by atoms with van der Waals surface area (Å²) >= 11 is 0. The van der Waals surface area contributed by atoms with Gasteiger partial charge in [-0.2, -0.15) is 0 Å². The Morgan fingerprint density at radius 1 is 0.862 bits per heavy atom. The van der Waals surface area contributed by atoms with E-state index < -0.39 is 5.60 Å². The minimum Gasteiger partial charge on any atom is -0.383 e. The molecule has 1 heterocycles. The number of hydrogen-bond acceptors (Lipinski definition) is 2. The molecule has 1 N–H and O–H groups in total. The van der Waals surface area contributed by atoms with Crippen molar-refractivity contribution >= 4 is 0 Å². The van der Waals surface area contributed by atoms with E-state index in [2.05, 4.69) is 47.1 Å². The van der Waals surface area contributed by atoms with E-state index in [1.54, 1.807) is 0 Å². The molecule has 4 rings (SSSR count). The molecule has 0 saturated carbocycles. The second kappa shape index (κ2) is 9.09. The minimum atomic E-state index is -0.978. The summed E-state index contributed by atoms with van der Waals surface area (Å²) in [5.74, 6) is 6.97. The van der Waals surface area contributed by atoms with E-state index in [0.29, 0.717) is 18.9 Å². The van der Waals surface area contributed by atoms with E-state index in [9.17, 15) is 5.11 Å². The van der Waals surface area contributed by atoms with Gasteiger partial charge in [-0.1, -0.05) is 90.7 Å². The van der Waals surface area contributed by atoms with Crippen LogP contribution in [0, 0.1) is 11.8 Å². The van der Waals surface area contributed by atoms with E-state index in [4.69, 9.17) is 0 Å². The Morgan fingerprint density at radius 3 is 2.17 bits per heavy atom. The number of rotatable bonds is 5. The second-order valence-corrected chi connectivity index (χ2v) is 7.87. The molecular formula is C27H27NO.